The molecule has 0 heterocycles. The van der Waals surface area contributed by atoms with E-state index in [9.17, 15) is 5.02 Å². The van der Waals surface area contributed by atoms with Gasteiger partial charge in [-0.25, -0.2) is 0 Å². The molecule has 1 aromatic rings. The third-order valence-corrected chi connectivity index (χ3v) is 2.80. The summed E-state index contributed by atoms with van der Waals surface area (Å²) in [6.45, 7) is 6.27. The lowest BCUT2D eigenvalue weighted by Gasteiger charge is -2.16. The van der Waals surface area contributed by atoms with Gasteiger partial charge >= 0.3 is 7.12 Å². The average molecular weight is 271 g/mol. The van der Waals surface area contributed by atoms with Gasteiger partial charge in [0.05, 0.1) is 6.61 Å². The molecule has 0 saturated heterocycles. The smallest absolute Gasteiger partial charge is 0.491 e. The molecule has 0 aliphatic carbocycles. The molecule has 3 nitrogen and oxygen atoms in total. The molecule has 1 rings (SSSR count). The normalized spacial score (nSPS) is 10.8. The summed E-state index contributed by atoms with van der Waals surface area (Å²) >= 11 is 5.61. The van der Waals surface area contributed by atoms with Crippen LogP contribution in [-0.4, -0.2) is 30.7 Å². The van der Waals surface area contributed by atoms with E-state index in [1.54, 1.807) is 0 Å². The molecule has 0 aliphatic heterocycles. The lowest BCUT2D eigenvalue weighted by Crippen LogP contribution is -2.37. The van der Waals surface area contributed by atoms with Gasteiger partial charge in [0.15, 0.2) is 0 Å². The molecule has 100 valence electrons. The van der Waals surface area contributed by atoms with Gasteiger partial charge in [0, 0.05) is 12.0 Å². The Morgan fingerprint density at radius 2 is 2.11 bits per heavy atom. The Hall–Kier alpha value is -0.705. The summed E-state index contributed by atoms with van der Waals surface area (Å²) in [6.07, 6.45) is 0.774. The van der Waals surface area contributed by atoms with Crippen molar-refractivity contribution in [3.05, 3.63) is 23.8 Å². The predicted molar refractivity (Wildman–Crippen MR) is 75.8 cm³/mol. The zero-order valence-electron chi connectivity index (χ0n) is 11.1. The standard InChI is InChI=1S/C13H20BClO3/c1-10(2)18-14(16)12-6-4-7-13(11(12)3)17-9-5-8-15/h4,6-7,10,16H,5,8-9H2,1-3H3. The second kappa shape index (κ2) is 7.67. The Labute approximate surface area is 114 Å². The monoisotopic (exact) mass is 270 g/mol. The van der Waals surface area contributed by atoms with Gasteiger partial charge in [0.1, 0.15) is 5.75 Å². The number of benzene rings is 1. The highest BCUT2D eigenvalue weighted by molar-refractivity contribution is 6.60. The van der Waals surface area contributed by atoms with Crippen molar-refractivity contribution < 1.29 is 14.4 Å². The van der Waals surface area contributed by atoms with Crippen LogP contribution in [0.25, 0.3) is 0 Å². The summed E-state index contributed by atoms with van der Waals surface area (Å²) in [6, 6.07) is 5.58. The van der Waals surface area contributed by atoms with E-state index in [0.29, 0.717) is 12.5 Å². The van der Waals surface area contributed by atoms with Crippen molar-refractivity contribution >= 4 is 24.2 Å². The van der Waals surface area contributed by atoms with E-state index in [1.807, 2.05) is 39.0 Å². The fourth-order valence-corrected chi connectivity index (χ4v) is 1.73. The summed E-state index contributed by atoms with van der Waals surface area (Å²) in [5, 5.41) is 9.97. The molecule has 1 aromatic carbocycles. The molecule has 0 spiro atoms. The van der Waals surface area contributed by atoms with Crippen molar-refractivity contribution in [2.75, 3.05) is 12.5 Å². The van der Waals surface area contributed by atoms with Crippen molar-refractivity contribution in [1.29, 1.82) is 0 Å². The minimum absolute atomic E-state index is 0.0276. The summed E-state index contributed by atoms with van der Waals surface area (Å²) in [7, 11) is -0.915. The van der Waals surface area contributed by atoms with Crippen LogP contribution in [0.4, 0.5) is 0 Å². The second-order valence-corrected chi connectivity index (χ2v) is 4.78. The first-order valence-corrected chi connectivity index (χ1v) is 6.71. The zero-order valence-corrected chi connectivity index (χ0v) is 11.9. The van der Waals surface area contributed by atoms with Crippen LogP contribution >= 0.6 is 11.6 Å². The van der Waals surface area contributed by atoms with Crippen molar-refractivity contribution in [3.8, 4) is 5.75 Å². The Balaban J connectivity index is 2.77. The molecule has 0 radical (unpaired) electrons. The molecule has 0 saturated carbocycles. The molecule has 0 fully saturated rings. The van der Waals surface area contributed by atoms with Gasteiger partial charge in [-0.05, 0) is 44.3 Å². The van der Waals surface area contributed by atoms with E-state index in [-0.39, 0.29) is 6.10 Å². The number of ether oxygens (including phenoxy) is 1. The zero-order chi connectivity index (χ0) is 13.5. The van der Waals surface area contributed by atoms with Crippen molar-refractivity contribution in [2.45, 2.75) is 33.3 Å². The number of hydrogen-bond donors (Lipinski definition) is 1. The second-order valence-electron chi connectivity index (χ2n) is 4.40. The van der Waals surface area contributed by atoms with Crippen molar-refractivity contribution in [3.63, 3.8) is 0 Å². The van der Waals surface area contributed by atoms with Gasteiger partial charge in [-0.15, -0.1) is 11.6 Å². The van der Waals surface area contributed by atoms with Crippen LogP contribution in [0.5, 0.6) is 5.75 Å². The summed E-state index contributed by atoms with van der Waals surface area (Å²) in [5.41, 5.74) is 1.65. The maximum Gasteiger partial charge on any atom is 0.491 e. The van der Waals surface area contributed by atoms with Gasteiger partial charge in [-0.1, -0.05) is 12.1 Å². The van der Waals surface area contributed by atoms with E-state index in [1.165, 1.54) is 0 Å². The first kappa shape index (κ1) is 15.4. The van der Waals surface area contributed by atoms with E-state index < -0.39 is 7.12 Å². The molecule has 0 unspecified atom stereocenters. The van der Waals surface area contributed by atoms with E-state index in [0.717, 1.165) is 23.2 Å². The minimum atomic E-state index is -0.915. The molecular formula is C13H20BClO3. The largest absolute Gasteiger partial charge is 0.493 e. The summed E-state index contributed by atoms with van der Waals surface area (Å²) in [4.78, 5) is 0. The van der Waals surface area contributed by atoms with E-state index in [4.69, 9.17) is 21.0 Å². The molecule has 0 aromatic heterocycles. The maximum absolute atomic E-state index is 9.97. The highest BCUT2D eigenvalue weighted by Gasteiger charge is 2.21. The Morgan fingerprint density at radius 3 is 2.72 bits per heavy atom. The van der Waals surface area contributed by atoms with Crippen LogP contribution in [0.15, 0.2) is 18.2 Å². The number of rotatable bonds is 7. The molecule has 0 amide bonds. The van der Waals surface area contributed by atoms with Crippen molar-refractivity contribution in [2.24, 2.45) is 0 Å². The predicted octanol–water partition coefficient (Wildman–Crippen LogP) is 2.12. The fraction of sp³-hybridized carbons (Fsp3) is 0.538. The quantitative estimate of drug-likeness (QED) is 0.468. The van der Waals surface area contributed by atoms with Crippen LogP contribution in [-0.2, 0) is 4.65 Å². The molecular weight excluding hydrogens is 250 g/mol. The molecule has 0 atom stereocenters. The minimum Gasteiger partial charge on any atom is -0.493 e. The average Bonchev–Trinajstić information content (AvgIpc) is 2.30. The van der Waals surface area contributed by atoms with E-state index >= 15 is 0 Å². The van der Waals surface area contributed by atoms with Gasteiger partial charge in [0.25, 0.3) is 0 Å². The highest BCUT2D eigenvalue weighted by Crippen LogP contribution is 2.16. The lowest BCUT2D eigenvalue weighted by molar-refractivity contribution is 0.207. The Morgan fingerprint density at radius 1 is 1.39 bits per heavy atom. The fourth-order valence-electron chi connectivity index (χ4n) is 1.62. The third kappa shape index (κ3) is 4.52. The van der Waals surface area contributed by atoms with Crippen LogP contribution in [0.2, 0.25) is 0 Å². The van der Waals surface area contributed by atoms with Crippen LogP contribution in [0, 0.1) is 6.92 Å². The SMILES string of the molecule is Cc1c(OCCCCl)cccc1B(O)OC(C)C. The molecule has 18 heavy (non-hydrogen) atoms. The lowest BCUT2D eigenvalue weighted by atomic mass is 9.76. The number of alkyl halides is 1. The number of hydrogen-bond acceptors (Lipinski definition) is 3. The first-order chi connectivity index (χ1) is 8.56. The van der Waals surface area contributed by atoms with Crippen molar-refractivity contribution in [1.82, 2.24) is 0 Å². The van der Waals surface area contributed by atoms with Gasteiger partial charge in [-0.3, -0.25) is 0 Å². The Kier molecular flexibility index (Phi) is 6.54. The molecule has 5 heteroatoms. The third-order valence-electron chi connectivity index (χ3n) is 2.53. The first-order valence-electron chi connectivity index (χ1n) is 6.18. The summed E-state index contributed by atoms with van der Waals surface area (Å²) < 4.78 is 11.0. The van der Waals surface area contributed by atoms with Gasteiger partial charge in [0.2, 0.25) is 0 Å². The van der Waals surface area contributed by atoms with Crippen LogP contribution in [0.3, 0.4) is 0 Å². The Bertz CT molecular complexity index is 371. The van der Waals surface area contributed by atoms with Gasteiger partial charge < -0.3 is 14.4 Å². The summed E-state index contributed by atoms with van der Waals surface area (Å²) in [5.74, 6) is 1.35. The molecule has 0 bridgehead atoms. The molecule has 1 N–H and O–H groups in total. The topological polar surface area (TPSA) is 38.7 Å². The maximum atomic E-state index is 9.97. The van der Waals surface area contributed by atoms with Crippen LogP contribution < -0.4 is 10.2 Å². The molecule has 0 aliphatic rings. The highest BCUT2D eigenvalue weighted by atomic mass is 35.5. The van der Waals surface area contributed by atoms with Crippen LogP contribution in [0.1, 0.15) is 25.8 Å². The van der Waals surface area contributed by atoms with E-state index in [2.05, 4.69) is 0 Å². The van der Waals surface area contributed by atoms with Gasteiger partial charge in [-0.2, -0.15) is 0 Å². The number of halogens is 1.